The van der Waals surface area contributed by atoms with Gasteiger partial charge in [0, 0.05) is 12.6 Å². The smallest absolute Gasteiger partial charge is 0.343 e. The minimum atomic E-state index is -1.76. The molecular weight excluding hydrogens is 284 g/mol. The summed E-state index contributed by atoms with van der Waals surface area (Å²) in [5.74, 6) is -0.703. The molecule has 0 spiro atoms. The van der Waals surface area contributed by atoms with Gasteiger partial charge in [0.05, 0.1) is 23.5 Å². The van der Waals surface area contributed by atoms with Crippen molar-refractivity contribution < 1.29 is 14.6 Å². The molecule has 116 valence electrons. The van der Waals surface area contributed by atoms with Gasteiger partial charge in [-0.1, -0.05) is 13.0 Å². The van der Waals surface area contributed by atoms with Crippen LogP contribution in [0.15, 0.2) is 27.5 Å². The van der Waals surface area contributed by atoms with Crippen LogP contribution in [0.5, 0.6) is 0 Å². The Hall–Kier alpha value is -2.21. The minimum absolute atomic E-state index is 0.0979. The van der Waals surface area contributed by atoms with Gasteiger partial charge in [0.15, 0.2) is 5.60 Å². The van der Waals surface area contributed by atoms with E-state index in [1.165, 1.54) is 0 Å². The van der Waals surface area contributed by atoms with E-state index >= 15 is 0 Å². The third-order valence-electron chi connectivity index (χ3n) is 4.49. The Morgan fingerprint density at radius 2 is 2.23 bits per heavy atom. The first-order valence-corrected chi connectivity index (χ1v) is 7.27. The fraction of sp³-hybridized carbons (Fsp3) is 0.438. The van der Waals surface area contributed by atoms with Crippen molar-refractivity contribution >= 4 is 11.7 Å². The quantitative estimate of drug-likeness (QED) is 0.781. The van der Waals surface area contributed by atoms with E-state index in [4.69, 9.17) is 4.74 Å². The van der Waals surface area contributed by atoms with Crippen molar-refractivity contribution in [1.29, 1.82) is 0 Å². The van der Waals surface area contributed by atoms with Crippen LogP contribution in [-0.4, -0.2) is 28.4 Å². The van der Waals surface area contributed by atoms with Crippen LogP contribution in [0.3, 0.4) is 0 Å². The van der Waals surface area contributed by atoms with E-state index in [-0.39, 0.29) is 18.6 Å². The van der Waals surface area contributed by atoms with Crippen LogP contribution in [0, 0.1) is 0 Å². The number of cyclic esters (lactones) is 1. The lowest BCUT2D eigenvalue weighted by Crippen LogP contribution is -2.44. The highest BCUT2D eigenvalue weighted by atomic mass is 16.6. The van der Waals surface area contributed by atoms with Crippen LogP contribution in [0.1, 0.15) is 37.1 Å². The first kappa shape index (κ1) is 14.7. The number of fused-ring (bicyclic) bond motifs is 2. The molecule has 1 aromatic rings. The number of rotatable bonds is 1. The second kappa shape index (κ2) is 4.91. The van der Waals surface area contributed by atoms with Crippen molar-refractivity contribution in [2.75, 3.05) is 7.05 Å². The molecule has 0 saturated carbocycles. The molecule has 1 N–H and O–H groups in total. The molecule has 0 saturated heterocycles. The number of carbonyl (C=O) groups is 1. The Kier molecular flexibility index (Phi) is 3.29. The average Bonchev–Trinajstić information content (AvgIpc) is 2.89. The molecular formula is C16H18N2O4. The van der Waals surface area contributed by atoms with Gasteiger partial charge in [-0.05, 0) is 25.0 Å². The number of pyridine rings is 1. The maximum atomic E-state index is 12.7. The first-order valence-electron chi connectivity index (χ1n) is 7.27. The summed E-state index contributed by atoms with van der Waals surface area (Å²) in [6, 6.07) is 1.71. The molecule has 2 aliphatic heterocycles. The van der Waals surface area contributed by atoms with Gasteiger partial charge in [-0.3, -0.25) is 9.79 Å². The van der Waals surface area contributed by atoms with Crippen molar-refractivity contribution in [3.63, 3.8) is 0 Å². The van der Waals surface area contributed by atoms with Crippen molar-refractivity contribution in [1.82, 2.24) is 4.57 Å². The second-order valence-electron chi connectivity index (χ2n) is 5.49. The Balaban J connectivity index is 2.34. The number of aliphatic imine (C=N–C) groups is 1. The number of ether oxygens (including phenoxy) is 1. The summed E-state index contributed by atoms with van der Waals surface area (Å²) in [5.41, 5.74) is 1.01. The zero-order valence-electron chi connectivity index (χ0n) is 12.8. The molecule has 0 aliphatic carbocycles. The summed E-state index contributed by atoms with van der Waals surface area (Å²) >= 11 is 0. The zero-order chi connectivity index (χ0) is 16.1. The lowest BCUT2D eigenvalue weighted by atomic mass is 9.86. The van der Waals surface area contributed by atoms with Gasteiger partial charge in [0.2, 0.25) is 0 Å². The summed E-state index contributed by atoms with van der Waals surface area (Å²) in [6.07, 6.45) is 2.07. The van der Waals surface area contributed by atoms with E-state index in [0.29, 0.717) is 23.4 Å². The van der Waals surface area contributed by atoms with Crippen LogP contribution in [0.2, 0.25) is 0 Å². The van der Waals surface area contributed by atoms with Crippen molar-refractivity contribution in [2.45, 2.75) is 39.0 Å². The molecule has 0 fully saturated rings. The Morgan fingerprint density at radius 1 is 1.50 bits per heavy atom. The maximum Gasteiger partial charge on any atom is 0.343 e. The summed E-state index contributed by atoms with van der Waals surface area (Å²) in [5, 5.41) is 10.7. The van der Waals surface area contributed by atoms with Crippen molar-refractivity contribution in [3.05, 3.63) is 44.9 Å². The standard InChI is InChI=1S/C16H18N2O4/c1-4-9-7-18-12(13(9)17-3)6-11-10(14(18)19)8-22-15(20)16(11,21)5-2/h4,6,21H,5,7-8H2,1-3H3/b9-4-,17-13?. The highest BCUT2D eigenvalue weighted by Gasteiger charge is 2.45. The molecule has 3 rings (SSSR count). The largest absolute Gasteiger partial charge is 0.458 e. The Labute approximate surface area is 127 Å². The fourth-order valence-electron chi connectivity index (χ4n) is 3.15. The van der Waals surface area contributed by atoms with Gasteiger partial charge < -0.3 is 14.4 Å². The zero-order valence-corrected chi connectivity index (χ0v) is 12.8. The lowest BCUT2D eigenvalue weighted by molar-refractivity contribution is -0.172. The third-order valence-corrected chi connectivity index (χ3v) is 4.49. The second-order valence-corrected chi connectivity index (χ2v) is 5.49. The van der Waals surface area contributed by atoms with Gasteiger partial charge >= 0.3 is 5.97 Å². The van der Waals surface area contributed by atoms with Gasteiger partial charge in [0.25, 0.3) is 5.56 Å². The van der Waals surface area contributed by atoms with Crippen molar-refractivity contribution in [3.8, 4) is 0 Å². The van der Waals surface area contributed by atoms with E-state index in [2.05, 4.69) is 4.99 Å². The monoisotopic (exact) mass is 302 g/mol. The Bertz CT molecular complexity index is 788. The number of nitrogens with zero attached hydrogens (tertiary/aromatic N) is 2. The number of aromatic nitrogens is 1. The molecule has 0 aromatic carbocycles. The predicted molar refractivity (Wildman–Crippen MR) is 80.9 cm³/mol. The lowest BCUT2D eigenvalue weighted by Gasteiger charge is -2.31. The maximum absolute atomic E-state index is 12.7. The number of aliphatic hydroxyl groups is 1. The molecule has 0 bridgehead atoms. The highest BCUT2D eigenvalue weighted by Crippen LogP contribution is 2.34. The van der Waals surface area contributed by atoms with Crippen LogP contribution in [0.25, 0.3) is 0 Å². The van der Waals surface area contributed by atoms with Gasteiger partial charge in [-0.25, -0.2) is 4.79 Å². The van der Waals surface area contributed by atoms with Gasteiger partial charge in [-0.2, -0.15) is 0 Å². The summed E-state index contributed by atoms with van der Waals surface area (Å²) in [4.78, 5) is 28.9. The molecule has 1 aromatic heterocycles. The highest BCUT2D eigenvalue weighted by molar-refractivity contribution is 6.13. The molecule has 3 heterocycles. The number of allylic oxidation sites excluding steroid dienone is 2. The normalized spacial score (nSPS) is 27.0. The van der Waals surface area contributed by atoms with Crippen molar-refractivity contribution in [2.24, 2.45) is 4.99 Å². The summed E-state index contributed by atoms with van der Waals surface area (Å²) in [7, 11) is 1.67. The first-order chi connectivity index (χ1) is 10.5. The van der Waals surface area contributed by atoms with E-state index in [0.717, 1.165) is 11.3 Å². The average molecular weight is 302 g/mol. The van der Waals surface area contributed by atoms with E-state index < -0.39 is 11.6 Å². The predicted octanol–water partition coefficient (Wildman–Crippen LogP) is 0.881. The minimum Gasteiger partial charge on any atom is -0.458 e. The van der Waals surface area contributed by atoms with Crippen LogP contribution in [-0.2, 0) is 28.3 Å². The fourth-order valence-corrected chi connectivity index (χ4v) is 3.15. The third kappa shape index (κ3) is 1.73. The van der Waals surface area contributed by atoms with Crippen LogP contribution in [0.4, 0.5) is 0 Å². The molecule has 6 heteroatoms. The number of hydrogen-bond donors (Lipinski definition) is 1. The summed E-state index contributed by atoms with van der Waals surface area (Å²) in [6.45, 7) is 3.93. The topological polar surface area (TPSA) is 80.9 Å². The van der Waals surface area contributed by atoms with E-state index in [1.54, 1.807) is 24.6 Å². The molecule has 22 heavy (non-hydrogen) atoms. The van der Waals surface area contributed by atoms with E-state index in [1.807, 2.05) is 13.0 Å². The van der Waals surface area contributed by atoms with E-state index in [9.17, 15) is 14.7 Å². The van der Waals surface area contributed by atoms with Gasteiger partial charge in [-0.15, -0.1) is 0 Å². The van der Waals surface area contributed by atoms with Crippen LogP contribution >= 0.6 is 0 Å². The van der Waals surface area contributed by atoms with Crippen LogP contribution < -0.4 is 5.56 Å². The van der Waals surface area contributed by atoms with Gasteiger partial charge in [0.1, 0.15) is 6.61 Å². The number of carbonyl (C=O) groups excluding carboxylic acids is 1. The molecule has 1 atom stereocenters. The number of hydrogen-bond acceptors (Lipinski definition) is 5. The molecule has 0 amide bonds. The Morgan fingerprint density at radius 3 is 2.82 bits per heavy atom. The molecule has 2 aliphatic rings. The SMILES string of the molecule is C/C=C1/Cn2c(cc3c(c2=O)COC(=O)C3(O)CC)C1=NC. The molecule has 1 unspecified atom stereocenters. The number of esters is 1. The molecule has 0 radical (unpaired) electrons. The summed E-state index contributed by atoms with van der Waals surface area (Å²) < 4.78 is 6.63. The molecule has 6 nitrogen and oxygen atoms in total.